The largest absolute Gasteiger partial charge is 0.497 e. The van der Waals surface area contributed by atoms with Crippen LogP contribution in [-0.2, 0) is 14.4 Å². The Labute approximate surface area is 162 Å². The van der Waals surface area contributed by atoms with Crippen LogP contribution in [-0.4, -0.2) is 39.4 Å². The number of nitro groups is 1. The van der Waals surface area contributed by atoms with Crippen LogP contribution >= 0.6 is 0 Å². The van der Waals surface area contributed by atoms with E-state index in [0.717, 1.165) is 31.4 Å². The lowest BCUT2D eigenvalue weighted by Gasteiger charge is -2.11. The molecule has 0 fully saturated rings. The van der Waals surface area contributed by atoms with Gasteiger partial charge in [-0.05, 0) is 36.4 Å². The molecule has 29 heavy (non-hydrogen) atoms. The van der Waals surface area contributed by atoms with E-state index < -0.39 is 43.1 Å². The lowest BCUT2D eigenvalue weighted by Crippen LogP contribution is -2.25. The number of alkyl halides is 3. The summed E-state index contributed by atoms with van der Waals surface area (Å²) in [5.41, 5.74) is -2.81. The van der Waals surface area contributed by atoms with Gasteiger partial charge in [0, 0.05) is 11.6 Å². The summed E-state index contributed by atoms with van der Waals surface area (Å²) in [6.07, 6.45) is -5.05. The number of oxime groups is 1. The normalized spacial score (nSPS) is 12.4. The summed E-state index contributed by atoms with van der Waals surface area (Å²) in [5.74, 6) is 0.0287. The molecule has 0 aliphatic heterocycles. The summed E-state index contributed by atoms with van der Waals surface area (Å²) in [6.45, 7) is 0. The molecule has 0 spiro atoms. The van der Waals surface area contributed by atoms with Crippen LogP contribution in [0.2, 0.25) is 0 Å². The summed E-state index contributed by atoms with van der Waals surface area (Å²) in [4.78, 5) is 9.31. The minimum absolute atomic E-state index is 0.244. The van der Waals surface area contributed by atoms with Crippen molar-refractivity contribution in [3.63, 3.8) is 0 Å². The average Bonchev–Trinajstić information content (AvgIpc) is 2.66. The first-order valence-electron chi connectivity index (χ1n) is 7.55. The standard InChI is InChI=1S/C16H13F3N2O7S/c1-26-11-5-3-10(4-6-11)15(16(17,18)19)20-28-29(24,25)12-7-8-14(27-2)13(9-12)21(22)23/h3-9H,1-2H3/b20-15-. The maximum absolute atomic E-state index is 13.3. The molecule has 0 heterocycles. The molecule has 0 radical (unpaired) electrons. The molecular formula is C16H13F3N2O7S. The molecule has 0 aliphatic carbocycles. The highest BCUT2D eigenvalue weighted by atomic mass is 32.2. The van der Waals surface area contributed by atoms with Crippen molar-refractivity contribution in [2.45, 2.75) is 11.1 Å². The SMILES string of the molecule is COc1ccc(/C(=N/OS(=O)(=O)c2ccc(OC)c([N+](=O)[O-])c2)C(F)(F)F)cc1. The van der Waals surface area contributed by atoms with E-state index in [1.807, 2.05) is 0 Å². The zero-order valence-electron chi connectivity index (χ0n) is 14.8. The van der Waals surface area contributed by atoms with Gasteiger partial charge >= 0.3 is 22.0 Å². The molecule has 0 saturated carbocycles. The van der Waals surface area contributed by atoms with E-state index in [0.29, 0.717) is 6.07 Å². The van der Waals surface area contributed by atoms with Crippen LogP contribution in [0, 0.1) is 10.1 Å². The molecule has 0 atom stereocenters. The number of hydrogen-bond acceptors (Lipinski definition) is 8. The summed E-state index contributed by atoms with van der Waals surface area (Å²) in [6, 6.07) is 6.89. The third-order valence-electron chi connectivity index (χ3n) is 3.49. The monoisotopic (exact) mass is 434 g/mol. The van der Waals surface area contributed by atoms with E-state index in [1.165, 1.54) is 19.2 Å². The van der Waals surface area contributed by atoms with Crippen molar-refractivity contribution in [3.8, 4) is 11.5 Å². The van der Waals surface area contributed by atoms with Crippen LogP contribution in [0.25, 0.3) is 0 Å². The van der Waals surface area contributed by atoms with Crippen molar-refractivity contribution < 1.29 is 40.3 Å². The van der Waals surface area contributed by atoms with Crippen molar-refractivity contribution in [1.82, 2.24) is 0 Å². The number of halogens is 3. The van der Waals surface area contributed by atoms with Crippen molar-refractivity contribution in [3.05, 3.63) is 58.1 Å². The highest BCUT2D eigenvalue weighted by Gasteiger charge is 2.38. The molecule has 0 aliphatic rings. The molecule has 0 aromatic heterocycles. The maximum atomic E-state index is 13.3. The first-order chi connectivity index (χ1) is 13.5. The Hall–Kier alpha value is -3.35. The average molecular weight is 434 g/mol. The summed E-state index contributed by atoms with van der Waals surface area (Å²) < 4.78 is 78.0. The number of benzene rings is 2. The Morgan fingerprint density at radius 2 is 1.69 bits per heavy atom. The van der Waals surface area contributed by atoms with Gasteiger partial charge in [-0.2, -0.15) is 21.6 Å². The van der Waals surface area contributed by atoms with Crippen LogP contribution in [0.3, 0.4) is 0 Å². The van der Waals surface area contributed by atoms with Crippen molar-refractivity contribution in [1.29, 1.82) is 0 Å². The second-order valence-electron chi connectivity index (χ2n) is 5.29. The number of nitro benzene ring substituents is 1. The van der Waals surface area contributed by atoms with Gasteiger partial charge in [0.2, 0.25) is 0 Å². The molecule has 9 nitrogen and oxygen atoms in total. The Balaban J connectivity index is 2.43. The Morgan fingerprint density at radius 3 is 2.17 bits per heavy atom. The summed E-state index contributed by atoms with van der Waals surface area (Å²) in [7, 11) is -2.45. The van der Waals surface area contributed by atoms with E-state index in [2.05, 4.69) is 9.44 Å². The molecule has 0 amide bonds. The third kappa shape index (κ3) is 5.13. The molecule has 156 valence electrons. The smallest absolute Gasteiger partial charge is 0.437 e. The third-order valence-corrected chi connectivity index (χ3v) is 4.60. The summed E-state index contributed by atoms with van der Waals surface area (Å²) in [5, 5.41) is 13.7. The maximum Gasteiger partial charge on any atom is 0.437 e. The Bertz CT molecular complexity index is 1040. The number of methoxy groups -OCH3 is 2. The number of rotatable bonds is 7. The zero-order valence-corrected chi connectivity index (χ0v) is 15.7. The van der Waals surface area contributed by atoms with Crippen LogP contribution in [0.4, 0.5) is 18.9 Å². The first kappa shape index (κ1) is 21.9. The molecule has 2 aromatic carbocycles. The van der Waals surface area contributed by atoms with Crippen molar-refractivity contribution >= 4 is 21.5 Å². The Morgan fingerprint density at radius 1 is 1.07 bits per heavy atom. The Kier molecular flexibility index (Phi) is 6.31. The highest BCUT2D eigenvalue weighted by Crippen LogP contribution is 2.30. The number of hydrogen-bond donors (Lipinski definition) is 0. The minimum Gasteiger partial charge on any atom is -0.497 e. The fourth-order valence-corrected chi connectivity index (χ4v) is 2.86. The first-order valence-corrected chi connectivity index (χ1v) is 8.96. The zero-order chi connectivity index (χ0) is 21.8. The fraction of sp³-hybridized carbons (Fsp3) is 0.188. The molecular weight excluding hydrogens is 421 g/mol. The quantitative estimate of drug-likeness (QED) is 0.373. The predicted molar refractivity (Wildman–Crippen MR) is 93.5 cm³/mol. The number of nitrogens with zero attached hydrogens (tertiary/aromatic N) is 2. The molecule has 0 bridgehead atoms. The number of ether oxygens (including phenoxy) is 2. The second kappa shape index (κ2) is 8.34. The van der Waals surface area contributed by atoms with Crippen LogP contribution in [0.1, 0.15) is 5.56 Å². The molecule has 0 unspecified atom stereocenters. The topological polar surface area (TPSA) is 117 Å². The molecule has 2 rings (SSSR count). The summed E-state index contributed by atoms with van der Waals surface area (Å²) >= 11 is 0. The van der Waals surface area contributed by atoms with Gasteiger partial charge in [-0.1, -0.05) is 5.16 Å². The molecule has 13 heteroatoms. The minimum atomic E-state index is -5.05. The van der Waals surface area contributed by atoms with Gasteiger partial charge in [0.15, 0.2) is 11.5 Å². The molecule has 0 N–H and O–H groups in total. The lowest BCUT2D eigenvalue weighted by atomic mass is 10.1. The van der Waals surface area contributed by atoms with Crippen LogP contribution < -0.4 is 9.47 Å². The van der Waals surface area contributed by atoms with Gasteiger partial charge in [-0.25, -0.2) is 0 Å². The van der Waals surface area contributed by atoms with Gasteiger partial charge in [-0.3, -0.25) is 14.4 Å². The van der Waals surface area contributed by atoms with Gasteiger partial charge in [0.1, 0.15) is 10.6 Å². The van der Waals surface area contributed by atoms with Crippen LogP contribution in [0.5, 0.6) is 11.5 Å². The van der Waals surface area contributed by atoms with Crippen LogP contribution in [0.15, 0.2) is 52.5 Å². The van der Waals surface area contributed by atoms with E-state index in [1.54, 1.807) is 0 Å². The van der Waals surface area contributed by atoms with Crippen molar-refractivity contribution in [2.75, 3.05) is 14.2 Å². The van der Waals surface area contributed by atoms with Gasteiger partial charge in [0.05, 0.1) is 19.1 Å². The lowest BCUT2D eigenvalue weighted by molar-refractivity contribution is -0.386. The van der Waals surface area contributed by atoms with Gasteiger partial charge in [0.25, 0.3) is 0 Å². The van der Waals surface area contributed by atoms with Gasteiger partial charge < -0.3 is 9.47 Å². The molecule has 0 saturated heterocycles. The fourth-order valence-electron chi connectivity index (χ4n) is 2.11. The second-order valence-corrected chi connectivity index (χ2v) is 6.81. The molecule has 2 aromatic rings. The van der Waals surface area contributed by atoms with Gasteiger partial charge in [-0.15, -0.1) is 0 Å². The van der Waals surface area contributed by atoms with E-state index in [9.17, 15) is 31.7 Å². The van der Waals surface area contributed by atoms with E-state index >= 15 is 0 Å². The van der Waals surface area contributed by atoms with E-state index in [4.69, 9.17) is 9.47 Å². The highest BCUT2D eigenvalue weighted by molar-refractivity contribution is 7.86. The van der Waals surface area contributed by atoms with E-state index in [-0.39, 0.29) is 11.5 Å². The van der Waals surface area contributed by atoms with Crippen molar-refractivity contribution in [2.24, 2.45) is 5.16 Å². The predicted octanol–water partition coefficient (Wildman–Crippen LogP) is 3.28.